The molecule has 0 saturated carbocycles. The van der Waals surface area contributed by atoms with Crippen LogP contribution in [0.15, 0.2) is 60.7 Å². The molecule has 2 aromatic heterocycles. The van der Waals surface area contributed by atoms with Gasteiger partial charge in [-0.1, -0.05) is 12.1 Å². The minimum atomic E-state index is -0.373. The van der Waals surface area contributed by atoms with Crippen LogP contribution in [-0.2, 0) is 0 Å². The normalized spacial score (nSPS) is 10.6. The maximum absolute atomic E-state index is 12.4. The Kier molecular flexibility index (Phi) is 6.72. The molecule has 2 aromatic carbocycles. The number of amides is 2. The van der Waals surface area contributed by atoms with Crippen molar-refractivity contribution in [2.24, 2.45) is 0 Å². The second kappa shape index (κ2) is 10.0. The Morgan fingerprint density at radius 1 is 0.941 bits per heavy atom. The zero-order chi connectivity index (χ0) is 24.1. The Balaban J connectivity index is 1.36. The lowest BCUT2D eigenvalue weighted by Crippen LogP contribution is -2.19. The lowest BCUT2D eigenvalue weighted by molar-refractivity contribution is 0.262. The molecule has 0 aliphatic rings. The topological polar surface area (TPSA) is 103 Å². The van der Waals surface area contributed by atoms with Crippen LogP contribution in [0, 0.1) is 20.8 Å². The molecule has 2 N–H and O–H groups in total. The number of carbonyl (C=O) groups excluding carboxylic acids is 1. The van der Waals surface area contributed by atoms with E-state index in [9.17, 15) is 4.79 Å². The Morgan fingerprint density at radius 3 is 2.35 bits per heavy atom. The largest absolute Gasteiger partial charge is 0.492 e. The van der Waals surface area contributed by atoms with Gasteiger partial charge in [0.05, 0.1) is 18.0 Å². The van der Waals surface area contributed by atoms with Crippen LogP contribution in [0.1, 0.15) is 23.9 Å². The maximum Gasteiger partial charge on any atom is 0.323 e. The fourth-order valence-corrected chi connectivity index (χ4v) is 3.29. The van der Waals surface area contributed by atoms with Crippen molar-refractivity contribution in [1.82, 2.24) is 20.0 Å². The van der Waals surface area contributed by atoms with Crippen molar-refractivity contribution < 1.29 is 14.3 Å². The number of hydrogen-bond acceptors (Lipinski definition) is 6. The number of ether oxygens (including phenoxy) is 2. The first-order valence-corrected chi connectivity index (χ1v) is 10.9. The van der Waals surface area contributed by atoms with Crippen LogP contribution >= 0.6 is 0 Å². The summed E-state index contributed by atoms with van der Waals surface area (Å²) in [5.74, 6) is 2.16. The second-order valence-corrected chi connectivity index (χ2v) is 7.57. The van der Waals surface area contributed by atoms with Gasteiger partial charge in [-0.3, -0.25) is 0 Å². The van der Waals surface area contributed by atoms with E-state index in [1.165, 1.54) is 0 Å². The van der Waals surface area contributed by atoms with Gasteiger partial charge in [0, 0.05) is 17.4 Å². The average Bonchev–Trinajstić information content (AvgIpc) is 3.09. The molecule has 0 aliphatic carbocycles. The first-order valence-electron chi connectivity index (χ1n) is 10.9. The van der Waals surface area contributed by atoms with Crippen LogP contribution in [-0.4, -0.2) is 32.6 Å². The summed E-state index contributed by atoms with van der Waals surface area (Å²) < 4.78 is 13.1. The Morgan fingerprint density at radius 2 is 1.71 bits per heavy atom. The van der Waals surface area contributed by atoms with Gasteiger partial charge in [0.1, 0.15) is 11.5 Å². The third kappa shape index (κ3) is 5.15. The van der Waals surface area contributed by atoms with Gasteiger partial charge >= 0.3 is 6.03 Å². The molecular weight excluding hydrogens is 432 g/mol. The number of aryl methyl sites for hydroxylation is 1. The van der Waals surface area contributed by atoms with Crippen LogP contribution < -0.4 is 20.1 Å². The van der Waals surface area contributed by atoms with E-state index in [4.69, 9.17) is 9.47 Å². The zero-order valence-corrected chi connectivity index (χ0v) is 19.5. The Bertz CT molecular complexity index is 1280. The molecule has 174 valence electrons. The number of benzene rings is 2. The van der Waals surface area contributed by atoms with Crippen molar-refractivity contribution in [1.29, 1.82) is 0 Å². The van der Waals surface area contributed by atoms with E-state index >= 15 is 0 Å². The number of aromatic nitrogens is 4. The van der Waals surface area contributed by atoms with Gasteiger partial charge in [0.25, 0.3) is 0 Å². The Hall–Kier alpha value is -4.40. The third-order valence-corrected chi connectivity index (χ3v) is 5.27. The monoisotopic (exact) mass is 458 g/mol. The standard InChI is InChI=1S/C25H26N6O3/c1-5-33-22-9-7-6-8-21(22)27-25(32)26-19-10-12-20(13-11-19)34-24-15-14-23(28-29-24)31-18(4)16(2)17(3)30-31/h6-15H,5H2,1-4H3,(H2,26,27,32). The number of hydrogen-bond donors (Lipinski definition) is 2. The molecular formula is C25H26N6O3. The molecule has 0 saturated heterocycles. The molecule has 0 aliphatic heterocycles. The van der Waals surface area contributed by atoms with Crippen molar-refractivity contribution in [2.75, 3.05) is 17.2 Å². The molecule has 4 rings (SSSR count). The van der Waals surface area contributed by atoms with Gasteiger partial charge in [-0.05, 0) is 75.7 Å². The first-order chi connectivity index (χ1) is 16.4. The van der Waals surface area contributed by atoms with Crippen LogP contribution in [0.25, 0.3) is 5.82 Å². The van der Waals surface area contributed by atoms with Crippen molar-refractivity contribution in [3.8, 4) is 23.2 Å². The number of rotatable bonds is 7. The number of nitrogens with one attached hydrogen (secondary N) is 2. The van der Waals surface area contributed by atoms with Crippen molar-refractivity contribution in [3.05, 3.63) is 77.6 Å². The van der Waals surface area contributed by atoms with Crippen LogP contribution in [0.2, 0.25) is 0 Å². The summed E-state index contributed by atoms with van der Waals surface area (Å²) in [5.41, 5.74) is 4.32. The van der Waals surface area contributed by atoms with Gasteiger partial charge in [-0.25, -0.2) is 9.48 Å². The summed E-state index contributed by atoms with van der Waals surface area (Å²) in [6, 6.07) is 17.4. The number of urea groups is 1. The second-order valence-electron chi connectivity index (χ2n) is 7.57. The van der Waals surface area contributed by atoms with Gasteiger partial charge in [-0.15, -0.1) is 10.2 Å². The first kappa shape index (κ1) is 22.8. The molecule has 0 radical (unpaired) electrons. The summed E-state index contributed by atoms with van der Waals surface area (Å²) in [4.78, 5) is 12.4. The summed E-state index contributed by atoms with van der Waals surface area (Å²) in [6.07, 6.45) is 0. The fraction of sp³-hybridized carbons (Fsp3) is 0.200. The number of carbonyl (C=O) groups is 1. The van der Waals surface area contributed by atoms with E-state index in [-0.39, 0.29) is 6.03 Å². The van der Waals surface area contributed by atoms with E-state index < -0.39 is 0 Å². The minimum Gasteiger partial charge on any atom is -0.492 e. The van der Waals surface area contributed by atoms with Crippen molar-refractivity contribution in [2.45, 2.75) is 27.7 Å². The van der Waals surface area contributed by atoms with Crippen molar-refractivity contribution in [3.63, 3.8) is 0 Å². The number of anilines is 2. The maximum atomic E-state index is 12.4. The van der Waals surface area contributed by atoms with E-state index in [0.29, 0.717) is 41.2 Å². The molecule has 2 heterocycles. The Labute approximate surface area is 197 Å². The highest BCUT2D eigenvalue weighted by atomic mass is 16.5. The van der Waals surface area contributed by atoms with Crippen LogP contribution in [0.4, 0.5) is 16.2 Å². The van der Waals surface area contributed by atoms with E-state index in [1.807, 2.05) is 45.9 Å². The molecule has 34 heavy (non-hydrogen) atoms. The minimum absolute atomic E-state index is 0.355. The van der Waals surface area contributed by atoms with E-state index in [2.05, 4.69) is 25.9 Å². The zero-order valence-electron chi connectivity index (χ0n) is 19.5. The molecule has 9 heteroatoms. The predicted molar refractivity (Wildman–Crippen MR) is 130 cm³/mol. The number of para-hydroxylation sites is 2. The summed E-state index contributed by atoms with van der Waals surface area (Å²) in [5, 5.41) is 18.5. The smallest absolute Gasteiger partial charge is 0.323 e. The lowest BCUT2D eigenvalue weighted by atomic mass is 10.2. The van der Waals surface area contributed by atoms with Gasteiger partial charge < -0.3 is 20.1 Å². The van der Waals surface area contributed by atoms with E-state index in [1.54, 1.807) is 47.1 Å². The van der Waals surface area contributed by atoms with E-state index in [0.717, 1.165) is 17.0 Å². The average molecular weight is 459 g/mol. The molecule has 0 unspecified atom stereocenters. The van der Waals surface area contributed by atoms with Gasteiger partial charge in [0.2, 0.25) is 5.88 Å². The molecule has 9 nitrogen and oxygen atoms in total. The molecule has 2 amide bonds. The summed E-state index contributed by atoms with van der Waals surface area (Å²) in [6.45, 7) is 8.39. The predicted octanol–water partition coefficient (Wildman–Crippen LogP) is 5.42. The molecule has 4 aromatic rings. The summed E-state index contributed by atoms with van der Waals surface area (Å²) >= 11 is 0. The van der Waals surface area contributed by atoms with Crippen LogP contribution in [0.5, 0.6) is 17.4 Å². The van der Waals surface area contributed by atoms with Gasteiger partial charge in [-0.2, -0.15) is 5.10 Å². The molecule has 0 bridgehead atoms. The lowest BCUT2D eigenvalue weighted by Gasteiger charge is -2.12. The third-order valence-electron chi connectivity index (χ3n) is 5.27. The highest BCUT2D eigenvalue weighted by Gasteiger charge is 2.11. The fourth-order valence-electron chi connectivity index (χ4n) is 3.29. The highest BCUT2D eigenvalue weighted by molar-refractivity contribution is 6.00. The highest BCUT2D eigenvalue weighted by Crippen LogP contribution is 2.25. The molecule has 0 atom stereocenters. The van der Waals surface area contributed by atoms with Crippen molar-refractivity contribution >= 4 is 17.4 Å². The quantitative estimate of drug-likeness (QED) is 0.383. The summed E-state index contributed by atoms with van der Waals surface area (Å²) in [7, 11) is 0. The van der Waals surface area contributed by atoms with Crippen LogP contribution in [0.3, 0.4) is 0 Å². The SMILES string of the molecule is CCOc1ccccc1NC(=O)Nc1ccc(Oc2ccc(-n3nc(C)c(C)c3C)nn2)cc1. The number of nitrogens with zero attached hydrogens (tertiary/aromatic N) is 4. The molecule has 0 spiro atoms. The molecule has 0 fully saturated rings. The van der Waals surface area contributed by atoms with Gasteiger partial charge in [0.15, 0.2) is 5.82 Å².